The second kappa shape index (κ2) is 13.4. The number of benzene rings is 1. The summed E-state index contributed by atoms with van der Waals surface area (Å²) in [5.74, 6) is -0.441. The molecule has 0 aliphatic carbocycles. The van der Waals surface area contributed by atoms with Crippen LogP contribution in [-0.4, -0.2) is 24.6 Å². The third-order valence-corrected chi connectivity index (χ3v) is 3.98. The smallest absolute Gasteiger partial charge is 0.259 e. The summed E-state index contributed by atoms with van der Waals surface area (Å²) in [6, 6.07) is 7.08. The van der Waals surface area contributed by atoms with Gasteiger partial charge in [-0.05, 0) is 24.1 Å². The van der Waals surface area contributed by atoms with Gasteiger partial charge in [0.2, 0.25) is 5.91 Å². The Morgan fingerprint density at radius 3 is 2.32 bits per heavy atom. The van der Waals surface area contributed by atoms with Crippen LogP contribution in [0.2, 0.25) is 5.02 Å². The molecule has 138 valence electrons. The molecule has 0 radical (unpaired) electrons. The number of nitrogens with zero attached hydrogens (tertiary/aromatic N) is 1. The summed E-state index contributed by atoms with van der Waals surface area (Å²) < 4.78 is 0. The lowest BCUT2D eigenvalue weighted by molar-refractivity contribution is -0.126. The van der Waals surface area contributed by atoms with Crippen molar-refractivity contribution in [3.05, 3.63) is 34.9 Å². The van der Waals surface area contributed by atoms with Crippen LogP contribution in [0.4, 0.5) is 0 Å². The summed E-state index contributed by atoms with van der Waals surface area (Å²) >= 11 is 5.79. The van der Waals surface area contributed by atoms with E-state index >= 15 is 0 Å². The molecule has 0 heterocycles. The van der Waals surface area contributed by atoms with Gasteiger partial charge in [0.25, 0.3) is 5.91 Å². The molecule has 5 nitrogen and oxygen atoms in total. The topological polar surface area (TPSA) is 70.6 Å². The summed E-state index contributed by atoms with van der Waals surface area (Å²) in [5.41, 5.74) is 3.21. The number of rotatable bonds is 12. The van der Waals surface area contributed by atoms with Gasteiger partial charge in [-0.3, -0.25) is 9.59 Å². The third-order valence-electron chi connectivity index (χ3n) is 3.73. The van der Waals surface area contributed by atoms with Crippen LogP contribution in [0.5, 0.6) is 0 Å². The van der Waals surface area contributed by atoms with Gasteiger partial charge in [0.15, 0.2) is 0 Å². The molecule has 0 atom stereocenters. The van der Waals surface area contributed by atoms with E-state index in [1.165, 1.54) is 38.3 Å². The maximum Gasteiger partial charge on any atom is 0.259 e. The van der Waals surface area contributed by atoms with Gasteiger partial charge in [-0.1, -0.05) is 69.2 Å². The Labute approximate surface area is 155 Å². The second-order valence-electron chi connectivity index (χ2n) is 5.99. The zero-order chi connectivity index (χ0) is 18.3. The van der Waals surface area contributed by atoms with E-state index in [4.69, 9.17) is 11.6 Å². The number of hydrogen-bond acceptors (Lipinski definition) is 3. The predicted molar refractivity (Wildman–Crippen MR) is 103 cm³/mol. The molecule has 0 spiro atoms. The SMILES string of the molecule is CCCCCCCCCC(=O)NCC(=O)N/N=C\c1ccc(Cl)cc1. The summed E-state index contributed by atoms with van der Waals surface area (Å²) in [6.07, 6.45) is 10.1. The molecule has 1 rings (SSSR count). The van der Waals surface area contributed by atoms with Gasteiger partial charge in [0.05, 0.1) is 12.8 Å². The molecule has 1 aromatic rings. The number of hydrogen-bond donors (Lipinski definition) is 2. The number of halogens is 1. The molecule has 0 saturated heterocycles. The van der Waals surface area contributed by atoms with E-state index in [1.807, 2.05) is 0 Å². The molecule has 0 fully saturated rings. The van der Waals surface area contributed by atoms with Crippen molar-refractivity contribution in [2.24, 2.45) is 5.10 Å². The maximum atomic E-state index is 11.7. The Bertz CT molecular complexity index is 544. The predicted octanol–water partition coefficient (Wildman–Crippen LogP) is 4.05. The summed E-state index contributed by atoms with van der Waals surface area (Å²) in [6.45, 7) is 2.14. The highest BCUT2D eigenvalue weighted by molar-refractivity contribution is 6.30. The van der Waals surface area contributed by atoms with Gasteiger partial charge in [0.1, 0.15) is 0 Å². The minimum Gasteiger partial charge on any atom is -0.347 e. The van der Waals surface area contributed by atoms with E-state index in [-0.39, 0.29) is 18.4 Å². The molecule has 0 aliphatic rings. The first kappa shape index (κ1) is 21.2. The fourth-order valence-corrected chi connectivity index (χ4v) is 2.40. The molecule has 0 bridgehead atoms. The Morgan fingerprint density at radius 1 is 1.00 bits per heavy atom. The summed E-state index contributed by atoms with van der Waals surface area (Å²) in [7, 11) is 0. The minimum absolute atomic E-state index is 0.0622. The molecule has 2 N–H and O–H groups in total. The minimum atomic E-state index is -0.349. The summed E-state index contributed by atoms with van der Waals surface area (Å²) in [4.78, 5) is 23.3. The lowest BCUT2D eigenvalue weighted by Crippen LogP contribution is -2.34. The van der Waals surface area contributed by atoms with Crippen LogP contribution in [0.25, 0.3) is 0 Å². The van der Waals surface area contributed by atoms with Gasteiger partial charge in [-0.25, -0.2) is 5.43 Å². The lowest BCUT2D eigenvalue weighted by Gasteiger charge is -2.04. The largest absolute Gasteiger partial charge is 0.347 e. The Kier molecular flexibility index (Phi) is 11.4. The molecular weight excluding hydrogens is 338 g/mol. The zero-order valence-electron chi connectivity index (χ0n) is 14.9. The highest BCUT2D eigenvalue weighted by Gasteiger charge is 2.04. The van der Waals surface area contributed by atoms with Crippen molar-refractivity contribution >= 4 is 29.6 Å². The molecule has 0 aliphatic heterocycles. The van der Waals surface area contributed by atoms with E-state index in [1.54, 1.807) is 24.3 Å². The van der Waals surface area contributed by atoms with Crippen molar-refractivity contribution in [1.29, 1.82) is 0 Å². The van der Waals surface area contributed by atoms with Gasteiger partial charge < -0.3 is 5.32 Å². The molecule has 2 amide bonds. The first-order valence-corrected chi connectivity index (χ1v) is 9.33. The summed E-state index contributed by atoms with van der Waals surface area (Å²) in [5, 5.41) is 7.09. The highest BCUT2D eigenvalue weighted by Crippen LogP contribution is 2.08. The van der Waals surface area contributed by atoms with Crippen molar-refractivity contribution in [2.45, 2.75) is 58.3 Å². The molecule has 6 heteroatoms. The van der Waals surface area contributed by atoms with E-state index in [0.29, 0.717) is 11.4 Å². The molecule has 0 aromatic heterocycles. The van der Waals surface area contributed by atoms with Crippen molar-refractivity contribution < 1.29 is 9.59 Å². The van der Waals surface area contributed by atoms with E-state index in [9.17, 15) is 9.59 Å². The van der Waals surface area contributed by atoms with Crippen LogP contribution >= 0.6 is 11.6 Å². The van der Waals surface area contributed by atoms with Crippen molar-refractivity contribution in [3.8, 4) is 0 Å². The quantitative estimate of drug-likeness (QED) is 0.333. The van der Waals surface area contributed by atoms with Crippen LogP contribution in [-0.2, 0) is 9.59 Å². The second-order valence-corrected chi connectivity index (χ2v) is 6.43. The first-order valence-electron chi connectivity index (χ1n) is 8.96. The zero-order valence-corrected chi connectivity index (χ0v) is 15.6. The Morgan fingerprint density at radius 2 is 1.64 bits per heavy atom. The fourth-order valence-electron chi connectivity index (χ4n) is 2.28. The highest BCUT2D eigenvalue weighted by atomic mass is 35.5. The maximum absolute atomic E-state index is 11.7. The third kappa shape index (κ3) is 11.3. The Hall–Kier alpha value is -1.88. The van der Waals surface area contributed by atoms with Crippen LogP contribution in [0.1, 0.15) is 63.9 Å². The number of unbranched alkanes of at least 4 members (excludes halogenated alkanes) is 6. The number of carbonyl (C=O) groups is 2. The van der Waals surface area contributed by atoms with Crippen LogP contribution in [0.3, 0.4) is 0 Å². The Balaban J connectivity index is 2.06. The fraction of sp³-hybridized carbons (Fsp3) is 0.526. The van der Waals surface area contributed by atoms with Crippen LogP contribution < -0.4 is 10.7 Å². The molecular formula is C19H28ClN3O2. The number of hydrazone groups is 1. The number of nitrogens with one attached hydrogen (secondary N) is 2. The molecule has 25 heavy (non-hydrogen) atoms. The van der Waals surface area contributed by atoms with Gasteiger partial charge >= 0.3 is 0 Å². The van der Waals surface area contributed by atoms with E-state index in [0.717, 1.165) is 18.4 Å². The van der Waals surface area contributed by atoms with Crippen molar-refractivity contribution in [2.75, 3.05) is 6.54 Å². The molecule has 1 aromatic carbocycles. The van der Waals surface area contributed by atoms with Crippen molar-refractivity contribution in [1.82, 2.24) is 10.7 Å². The van der Waals surface area contributed by atoms with Gasteiger partial charge in [-0.15, -0.1) is 0 Å². The van der Waals surface area contributed by atoms with Gasteiger partial charge in [0, 0.05) is 11.4 Å². The number of carbonyl (C=O) groups excluding carboxylic acids is 2. The normalized spacial score (nSPS) is 10.8. The van der Waals surface area contributed by atoms with Crippen LogP contribution in [0.15, 0.2) is 29.4 Å². The lowest BCUT2D eigenvalue weighted by atomic mass is 10.1. The standard InChI is InChI=1S/C19H28ClN3O2/c1-2-3-4-5-6-7-8-9-18(24)21-15-19(25)23-22-14-16-10-12-17(20)13-11-16/h10-14H,2-9,15H2,1H3,(H,21,24)(H,23,25)/b22-14-. The van der Waals surface area contributed by atoms with Crippen molar-refractivity contribution in [3.63, 3.8) is 0 Å². The average Bonchev–Trinajstić information content (AvgIpc) is 2.61. The van der Waals surface area contributed by atoms with E-state index in [2.05, 4.69) is 22.8 Å². The van der Waals surface area contributed by atoms with E-state index < -0.39 is 0 Å². The molecule has 0 unspecified atom stereocenters. The number of amides is 2. The van der Waals surface area contributed by atoms with Crippen LogP contribution in [0, 0.1) is 0 Å². The monoisotopic (exact) mass is 365 g/mol. The first-order chi connectivity index (χ1) is 12.1. The average molecular weight is 366 g/mol. The van der Waals surface area contributed by atoms with Gasteiger partial charge in [-0.2, -0.15) is 5.10 Å². The molecule has 0 saturated carbocycles.